The molecule has 0 radical (unpaired) electrons. The van der Waals surface area contributed by atoms with Crippen LogP contribution in [-0.4, -0.2) is 48.9 Å². The molecule has 0 aliphatic heterocycles. The van der Waals surface area contributed by atoms with Gasteiger partial charge in [-0.2, -0.15) is 0 Å². The fraction of sp³-hybridized carbons (Fsp3) is 0.462. The van der Waals surface area contributed by atoms with Crippen LogP contribution in [0, 0.1) is 0 Å². The van der Waals surface area contributed by atoms with E-state index in [-0.39, 0.29) is 23.8 Å². The molecule has 166 valence electrons. The molecule has 1 atom stereocenters. The second-order valence-corrected chi connectivity index (χ2v) is 8.33. The van der Waals surface area contributed by atoms with E-state index in [0.717, 1.165) is 38.0 Å². The van der Waals surface area contributed by atoms with E-state index in [4.69, 9.17) is 0 Å². The highest BCUT2D eigenvalue weighted by Crippen LogP contribution is 2.25. The van der Waals surface area contributed by atoms with Crippen LogP contribution >= 0.6 is 0 Å². The molecule has 1 unspecified atom stereocenters. The highest BCUT2D eigenvalue weighted by Gasteiger charge is 2.25. The van der Waals surface area contributed by atoms with Gasteiger partial charge < -0.3 is 15.5 Å². The quantitative estimate of drug-likeness (QED) is 0.585. The lowest BCUT2D eigenvalue weighted by Crippen LogP contribution is -2.37. The van der Waals surface area contributed by atoms with E-state index in [0.29, 0.717) is 19.4 Å². The van der Waals surface area contributed by atoms with Gasteiger partial charge in [-0.25, -0.2) is 0 Å². The van der Waals surface area contributed by atoms with Crippen molar-refractivity contribution in [1.29, 1.82) is 0 Å². The summed E-state index contributed by atoms with van der Waals surface area (Å²) < 4.78 is 0. The molecule has 5 nitrogen and oxygen atoms in total. The summed E-state index contributed by atoms with van der Waals surface area (Å²) >= 11 is 0. The van der Waals surface area contributed by atoms with E-state index in [1.807, 2.05) is 42.5 Å². The van der Waals surface area contributed by atoms with E-state index < -0.39 is 0 Å². The fourth-order valence-corrected chi connectivity index (χ4v) is 4.39. The molecule has 5 heteroatoms. The first-order valence-corrected chi connectivity index (χ1v) is 11.5. The molecule has 0 saturated carbocycles. The molecule has 2 N–H and O–H groups in total. The van der Waals surface area contributed by atoms with Crippen LogP contribution < -0.4 is 10.6 Å². The average molecular weight is 422 g/mol. The Hall–Kier alpha value is -2.66. The molecule has 0 aromatic heterocycles. The lowest BCUT2D eigenvalue weighted by molar-refractivity contribution is -0.123. The summed E-state index contributed by atoms with van der Waals surface area (Å²) in [6.07, 6.45) is 2.40. The van der Waals surface area contributed by atoms with Crippen molar-refractivity contribution >= 4 is 11.8 Å². The van der Waals surface area contributed by atoms with E-state index >= 15 is 0 Å². The molecule has 3 rings (SSSR count). The lowest BCUT2D eigenvalue weighted by Gasteiger charge is -2.20. The summed E-state index contributed by atoms with van der Waals surface area (Å²) in [7, 11) is 0. The maximum Gasteiger partial charge on any atom is 0.220 e. The van der Waals surface area contributed by atoms with Crippen molar-refractivity contribution in [3.63, 3.8) is 0 Å². The number of benzene rings is 2. The number of fused-ring (bicyclic) bond motifs is 1. The van der Waals surface area contributed by atoms with Crippen molar-refractivity contribution in [2.24, 2.45) is 0 Å². The zero-order valence-corrected chi connectivity index (χ0v) is 18.8. The summed E-state index contributed by atoms with van der Waals surface area (Å²) in [4.78, 5) is 27.7. The molecule has 0 fully saturated rings. The van der Waals surface area contributed by atoms with Gasteiger partial charge >= 0.3 is 0 Å². The third kappa shape index (κ3) is 6.93. The van der Waals surface area contributed by atoms with Crippen molar-refractivity contribution in [2.75, 3.05) is 26.2 Å². The van der Waals surface area contributed by atoms with E-state index in [1.54, 1.807) is 0 Å². The van der Waals surface area contributed by atoms with Crippen LogP contribution in [0.5, 0.6) is 0 Å². The first kappa shape index (κ1) is 23.0. The number of nitrogens with zero attached hydrogens (tertiary/aromatic N) is 1. The zero-order chi connectivity index (χ0) is 22.1. The van der Waals surface area contributed by atoms with Crippen LogP contribution in [0.15, 0.2) is 54.6 Å². The van der Waals surface area contributed by atoms with Crippen molar-refractivity contribution in [3.05, 3.63) is 71.3 Å². The molecule has 2 aromatic carbocycles. The summed E-state index contributed by atoms with van der Waals surface area (Å²) in [5, 5.41) is 6.22. The van der Waals surface area contributed by atoms with Crippen molar-refractivity contribution in [3.8, 4) is 0 Å². The van der Waals surface area contributed by atoms with Crippen molar-refractivity contribution in [2.45, 2.75) is 51.5 Å². The summed E-state index contributed by atoms with van der Waals surface area (Å²) in [5.41, 5.74) is 3.67. The topological polar surface area (TPSA) is 61.4 Å². The number of hydrogen-bond acceptors (Lipinski definition) is 3. The molecule has 2 aromatic rings. The van der Waals surface area contributed by atoms with E-state index in [9.17, 15) is 9.59 Å². The van der Waals surface area contributed by atoms with Gasteiger partial charge in [0, 0.05) is 37.9 Å². The highest BCUT2D eigenvalue weighted by molar-refractivity contribution is 5.81. The standard InChI is InChI=1S/C26H35N3O2/c1-3-29(4-2)15-14-27-25(30)18-23(20-10-6-5-7-11-20)19-26(31)28-24-16-21-12-8-9-13-22(21)17-24/h5-13,23-24H,3-4,14-19H2,1-2H3,(H,27,30)(H,28,31). The minimum absolute atomic E-state index is 0.00193. The maximum absolute atomic E-state index is 12.8. The number of carbonyl (C=O) groups excluding carboxylic acids is 2. The Balaban J connectivity index is 1.54. The van der Waals surface area contributed by atoms with Crippen LogP contribution in [0.4, 0.5) is 0 Å². The third-order valence-electron chi connectivity index (χ3n) is 6.20. The first-order chi connectivity index (χ1) is 15.1. The van der Waals surface area contributed by atoms with Gasteiger partial charge in [0.2, 0.25) is 11.8 Å². The maximum atomic E-state index is 12.8. The summed E-state index contributed by atoms with van der Waals surface area (Å²) in [5.74, 6) is -0.108. The molecule has 1 aliphatic rings. The number of amides is 2. The van der Waals surface area contributed by atoms with Crippen molar-refractivity contribution in [1.82, 2.24) is 15.5 Å². The SMILES string of the molecule is CCN(CC)CCNC(=O)CC(CC(=O)NC1Cc2ccccc2C1)c1ccccc1. The molecule has 31 heavy (non-hydrogen) atoms. The predicted octanol–water partition coefficient (Wildman–Crippen LogP) is 3.29. The fourth-order valence-electron chi connectivity index (χ4n) is 4.39. The van der Waals surface area contributed by atoms with Crippen LogP contribution in [0.2, 0.25) is 0 Å². The van der Waals surface area contributed by atoms with Gasteiger partial charge in [0.15, 0.2) is 0 Å². The van der Waals surface area contributed by atoms with Crippen LogP contribution in [0.1, 0.15) is 49.3 Å². The van der Waals surface area contributed by atoms with Gasteiger partial charge in [0.05, 0.1) is 0 Å². The van der Waals surface area contributed by atoms with Gasteiger partial charge in [0.1, 0.15) is 0 Å². The zero-order valence-electron chi connectivity index (χ0n) is 18.8. The molecule has 1 aliphatic carbocycles. The van der Waals surface area contributed by atoms with Gasteiger partial charge in [0.25, 0.3) is 0 Å². The summed E-state index contributed by atoms with van der Waals surface area (Å²) in [6.45, 7) is 7.68. The highest BCUT2D eigenvalue weighted by atomic mass is 16.2. The molecular weight excluding hydrogens is 386 g/mol. The van der Waals surface area contributed by atoms with Gasteiger partial charge in [-0.3, -0.25) is 9.59 Å². The lowest BCUT2D eigenvalue weighted by atomic mass is 9.91. The number of nitrogens with one attached hydrogen (secondary N) is 2. The second-order valence-electron chi connectivity index (χ2n) is 8.33. The van der Waals surface area contributed by atoms with Gasteiger partial charge in [-0.05, 0) is 42.6 Å². The Morgan fingerprint density at radius 2 is 1.48 bits per heavy atom. The van der Waals surface area contributed by atoms with Crippen molar-refractivity contribution < 1.29 is 9.59 Å². The number of hydrogen-bond donors (Lipinski definition) is 2. The molecule has 0 saturated heterocycles. The second kappa shape index (κ2) is 11.7. The van der Waals surface area contributed by atoms with E-state index in [2.05, 4.69) is 41.5 Å². The summed E-state index contributed by atoms with van der Waals surface area (Å²) in [6, 6.07) is 18.4. The Morgan fingerprint density at radius 3 is 2.10 bits per heavy atom. The minimum Gasteiger partial charge on any atom is -0.355 e. The number of likely N-dealkylation sites (N-methyl/N-ethyl adjacent to an activating group) is 1. The molecule has 0 bridgehead atoms. The molecular formula is C26H35N3O2. The molecule has 0 spiro atoms. The van der Waals surface area contributed by atoms with Gasteiger partial charge in [-0.15, -0.1) is 0 Å². The Morgan fingerprint density at radius 1 is 0.903 bits per heavy atom. The largest absolute Gasteiger partial charge is 0.355 e. The molecule has 0 heterocycles. The first-order valence-electron chi connectivity index (χ1n) is 11.5. The smallest absolute Gasteiger partial charge is 0.220 e. The minimum atomic E-state index is -0.126. The van der Waals surface area contributed by atoms with Crippen LogP contribution in [0.25, 0.3) is 0 Å². The molecule has 2 amide bonds. The van der Waals surface area contributed by atoms with Crippen LogP contribution in [0.3, 0.4) is 0 Å². The Kier molecular flexibility index (Phi) is 8.65. The predicted molar refractivity (Wildman–Crippen MR) is 125 cm³/mol. The normalized spacial score (nSPS) is 14.3. The Bertz CT molecular complexity index is 824. The van der Waals surface area contributed by atoms with Crippen LogP contribution in [-0.2, 0) is 22.4 Å². The monoisotopic (exact) mass is 421 g/mol. The van der Waals surface area contributed by atoms with Gasteiger partial charge in [-0.1, -0.05) is 68.4 Å². The number of carbonyl (C=O) groups is 2. The Labute approximate surface area is 186 Å². The average Bonchev–Trinajstić information content (AvgIpc) is 3.19. The van der Waals surface area contributed by atoms with E-state index in [1.165, 1.54) is 11.1 Å². The third-order valence-corrected chi connectivity index (χ3v) is 6.20. The number of rotatable bonds is 11.